The summed E-state index contributed by atoms with van der Waals surface area (Å²) in [6, 6.07) is 18.6. The molecule has 0 spiro atoms. The third kappa shape index (κ3) is 4.18. The van der Waals surface area contributed by atoms with Crippen LogP contribution >= 0.6 is 0 Å². The smallest absolute Gasteiger partial charge is 0.135 e. The first-order valence-electron chi connectivity index (χ1n) is 10.3. The van der Waals surface area contributed by atoms with E-state index >= 15 is 0 Å². The fourth-order valence-electron chi connectivity index (χ4n) is 4.04. The monoisotopic (exact) mass is 395 g/mol. The maximum atomic E-state index is 9.70. The number of benzene rings is 1. The molecule has 1 aliphatic rings. The first-order chi connectivity index (χ1) is 14.7. The standard InChI is InChI=1S/C25H25N5/c1-19(23-7-5-15-28-24(23)29-17-20-6-4-14-27-16-20)30-22-10-8-21(9-11-22)25(18-26)12-2-3-13-25/h4-11,14-16,30H,1-3,12-13,17H2,(H,28,29). The first-order valence-corrected chi connectivity index (χ1v) is 10.3. The summed E-state index contributed by atoms with van der Waals surface area (Å²) in [6.07, 6.45) is 9.51. The van der Waals surface area contributed by atoms with Crippen molar-refractivity contribution in [2.75, 3.05) is 10.6 Å². The largest absolute Gasteiger partial charge is 0.365 e. The summed E-state index contributed by atoms with van der Waals surface area (Å²) in [5.74, 6) is 0.768. The normalized spacial score (nSPS) is 14.6. The molecule has 2 aromatic heterocycles. The number of nitrogens with one attached hydrogen (secondary N) is 2. The first kappa shape index (κ1) is 19.7. The molecular weight excluding hydrogens is 370 g/mol. The molecule has 0 aliphatic heterocycles. The maximum Gasteiger partial charge on any atom is 0.135 e. The molecule has 1 saturated carbocycles. The summed E-state index contributed by atoms with van der Waals surface area (Å²) in [6.45, 7) is 4.84. The molecule has 1 aromatic carbocycles. The van der Waals surface area contributed by atoms with Crippen LogP contribution in [0.4, 0.5) is 11.5 Å². The van der Waals surface area contributed by atoms with E-state index in [1.54, 1.807) is 12.4 Å². The molecule has 0 saturated heterocycles. The molecule has 0 atom stereocenters. The number of rotatable bonds is 7. The predicted octanol–water partition coefficient (Wildman–Crippen LogP) is 5.51. The van der Waals surface area contributed by atoms with Gasteiger partial charge in [0.2, 0.25) is 0 Å². The minimum absolute atomic E-state index is 0.317. The molecule has 0 amide bonds. The minimum atomic E-state index is -0.317. The van der Waals surface area contributed by atoms with Crippen molar-refractivity contribution in [1.82, 2.24) is 9.97 Å². The summed E-state index contributed by atoms with van der Waals surface area (Å²) in [5, 5.41) is 16.4. The van der Waals surface area contributed by atoms with Crippen molar-refractivity contribution >= 4 is 17.2 Å². The molecule has 5 nitrogen and oxygen atoms in total. The van der Waals surface area contributed by atoms with Gasteiger partial charge >= 0.3 is 0 Å². The molecule has 1 aliphatic carbocycles. The lowest BCUT2D eigenvalue weighted by atomic mass is 9.80. The Hall–Kier alpha value is -3.65. The van der Waals surface area contributed by atoms with E-state index in [2.05, 4.69) is 45.4 Å². The van der Waals surface area contributed by atoms with E-state index in [1.165, 1.54) is 0 Å². The quantitative estimate of drug-likeness (QED) is 0.552. The van der Waals surface area contributed by atoms with Crippen LogP contribution in [0.15, 0.2) is 73.7 Å². The Labute approximate surface area is 177 Å². The van der Waals surface area contributed by atoms with Crippen LogP contribution in [0, 0.1) is 11.3 Å². The molecule has 30 heavy (non-hydrogen) atoms. The van der Waals surface area contributed by atoms with Crippen molar-refractivity contribution in [1.29, 1.82) is 5.26 Å². The fraction of sp³-hybridized carbons (Fsp3) is 0.240. The topological polar surface area (TPSA) is 73.6 Å². The van der Waals surface area contributed by atoms with Crippen LogP contribution in [0.3, 0.4) is 0 Å². The number of hydrogen-bond donors (Lipinski definition) is 2. The number of nitrogens with zero attached hydrogens (tertiary/aromatic N) is 3. The van der Waals surface area contributed by atoms with Crippen molar-refractivity contribution in [2.45, 2.75) is 37.6 Å². The van der Waals surface area contributed by atoms with Crippen molar-refractivity contribution in [2.24, 2.45) is 0 Å². The van der Waals surface area contributed by atoms with Gasteiger partial charge in [0, 0.05) is 42.1 Å². The number of pyridine rings is 2. The average molecular weight is 396 g/mol. The lowest BCUT2D eigenvalue weighted by Gasteiger charge is -2.21. The van der Waals surface area contributed by atoms with Gasteiger partial charge in [0.05, 0.1) is 11.5 Å². The van der Waals surface area contributed by atoms with Gasteiger partial charge in [0.1, 0.15) is 5.82 Å². The Morgan fingerprint density at radius 1 is 1.07 bits per heavy atom. The second kappa shape index (κ2) is 8.79. The highest BCUT2D eigenvalue weighted by atomic mass is 15.0. The summed E-state index contributed by atoms with van der Waals surface area (Å²) < 4.78 is 0. The number of nitriles is 1. The molecule has 0 unspecified atom stereocenters. The van der Waals surface area contributed by atoms with Crippen molar-refractivity contribution in [3.63, 3.8) is 0 Å². The van der Waals surface area contributed by atoms with Crippen molar-refractivity contribution in [3.05, 3.63) is 90.4 Å². The minimum Gasteiger partial charge on any atom is -0.365 e. The van der Waals surface area contributed by atoms with Crippen LogP contribution in [0.25, 0.3) is 5.70 Å². The maximum absolute atomic E-state index is 9.70. The molecule has 2 N–H and O–H groups in total. The number of anilines is 2. The highest BCUT2D eigenvalue weighted by molar-refractivity contribution is 5.80. The second-order valence-electron chi connectivity index (χ2n) is 7.70. The number of aromatic nitrogens is 2. The zero-order valence-corrected chi connectivity index (χ0v) is 16.9. The van der Waals surface area contributed by atoms with Gasteiger partial charge in [-0.1, -0.05) is 37.6 Å². The average Bonchev–Trinajstić information content (AvgIpc) is 3.29. The van der Waals surface area contributed by atoms with Crippen molar-refractivity contribution < 1.29 is 0 Å². The van der Waals surface area contributed by atoms with Gasteiger partial charge in [-0.05, 0) is 54.3 Å². The SMILES string of the molecule is C=C(Nc1ccc(C2(C#N)CCCC2)cc1)c1cccnc1NCc1cccnc1. The zero-order chi connectivity index (χ0) is 20.8. The molecule has 0 bridgehead atoms. The lowest BCUT2D eigenvalue weighted by molar-refractivity contribution is 0.573. The van der Waals surface area contributed by atoms with E-state index in [9.17, 15) is 5.26 Å². The van der Waals surface area contributed by atoms with Gasteiger partial charge < -0.3 is 10.6 Å². The van der Waals surface area contributed by atoms with E-state index in [-0.39, 0.29) is 5.41 Å². The third-order valence-electron chi connectivity index (χ3n) is 5.72. The Morgan fingerprint density at radius 2 is 1.83 bits per heavy atom. The fourth-order valence-corrected chi connectivity index (χ4v) is 4.04. The molecule has 4 rings (SSSR count). The number of hydrogen-bond acceptors (Lipinski definition) is 5. The molecule has 1 fully saturated rings. The Morgan fingerprint density at radius 3 is 2.53 bits per heavy atom. The van der Waals surface area contributed by atoms with Crippen molar-refractivity contribution in [3.8, 4) is 6.07 Å². The summed E-state index contributed by atoms with van der Waals surface area (Å²) in [7, 11) is 0. The van der Waals surface area contributed by atoms with E-state index in [0.717, 1.165) is 59.6 Å². The van der Waals surface area contributed by atoms with Gasteiger partial charge in [-0.3, -0.25) is 4.98 Å². The van der Waals surface area contributed by atoms with Gasteiger partial charge in [0.25, 0.3) is 0 Å². The van der Waals surface area contributed by atoms with Gasteiger partial charge in [0.15, 0.2) is 0 Å². The van der Waals surface area contributed by atoms with Gasteiger partial charge in [-0.15, -0.1) is 0 Å². The summed E-state index contributed by atoms with van der Waals surface area (Å²) in [5.41, 5.74) is 4.50. The summed E-state index contributed by atoms with van der Waals surface area (Å²) >= 11 is 0. The van der Waals surface area contributed by atoms with E-state index < -0.39 is 0 Å². The molecule has 150 valence electrons. The van der Waals surface area contributed by atoms with Gasteiger partial charge in [-0.2, -0.15) is 5.26 Å². The molecule has 0 radical (unpaired) electrons. The summed E-state index contributed by atoms with van der Waals surface area (Å²) in [4.78, 5) is 8.62. The highest BCUT2D eigenvalue weighted by Gasteiger charge is 2.35. The van der Waals surface area contributed by atoms with Crippen LogP contribution in [0.2, 0.25) is 0 Å². The van der Waals surface area contributed by atoms with E-state index in [1.807, 2.05) is 42.6 Å². The molecule has 5 heteroatoms. The Balaban J connectivity index is 1.46. The predicted molar refractivity (Wildman–Crippen MR) is 121 cm³/mol. The molecular formula is C25H25N5. The highest BCUT2D eigenvalue weighted by Crippen LogP contribution is 2.40. The Bertz CT molecular complexity index is 1040. The van der Waals surface area contributed by atoms with E-state index in [4.69, 9.17) is 0 Å². The van der Waals surface area contributed by atoms with Crippen LogP contribution in [0.1, 0.15) is 42.4 Å². The van der Waals surface area contributed by atoms with Gasteiger partial charge in [-0.25, -0.2) is 4.98 Å². The molecule has 3 aromatic rings. The van der Waals surface area contributed by atoms with E-state index in [0.29, 0.717) is 6.54 Å². The third-order valence-corrected chi connectivity index (χ3v) is 5.72. The Kier molecular flexibility index (Phi) is 5.76. The zero-order valence-electron chi connectivity index (χ0n) is 16.9. The van der Waals surface area contributed by atoms with Crippen LogP contribution < -0.4 is 10.6 Å². The lowest BCUT2D eigenvalue weighted by Crippen LogP contribution is -2.19. The van der Waals surface area contributed by atoms with Crippen LogP contribution in [0.5, 0.6) is 0 Å². The second-order valence-corrected chi connectivity index (χ2v) is 7.70. The molecule has 2 heterocycles. The van der Waals surface area contributed by atoms with Crippen LogP contribution in [-0.4, -0.2) is 9.97 Å². The van der Waals surface area contributed by atoms with Crippen LogP contribution in [-0.2, 0) is 12.0 Å².